The largest absolute Gasteiger partial charge is 0.417 e. The van der Waals surface area contributed by atoms with Gasteiger partial charge in [0.25, 0.3) is 0 Å². The van der Waals surface area contributed by atoms with Gasteiger partial charge in [-0.25, -0.2) is 23.1 Å². The summed E-state index contributed by atoms with van der Waals surface area (Å²) >= 11 is 0. The van der Waals surface area contributed by atoms with E-state index in [1.54, 1.807) is 35.5 Å². The topological polar surface area (TPSA) is 139 Å². The molecule has 0 saturated carbocycles. The predicted octanol–water partition coefficient (Wildman–Crippen LogP) is 3.39. The molecule has 0 radical (unpaired) electrons. The molecule has 1 atom stereocenters. The molecule has 16 heteroatoms. The minimum atomic E-state index is -4.55. The molecule has 238 valence electrons. The van der Waals surface area contributed by atoms with Crippen molar-refractivity contribution in [1.29, 1.82) is 0 Å². The lowest BCUT2D eigenvalue weighted by Gasteiger charge is -2.43. The van der Waals surface area contributed by atoms with Crippen LogP contribution in [0.1, 0.15) is 38.5 Å². The highest BCUT2D eigenvalue weighted by atomic mass is 32.2. The standard InChI is InChI=1S/C28H35F3N8O4S/c29-28(30,31)27-8-12-37(13-9-27)25-17-21(35-44(41,42)16-14-40)5-6-24(25)39-19-23(34-36-39)22-7-10-32-26(33-22)38-11-1-3-20(18-38)4-2-15-43-27/h5-7,10,17,19-20,35,40H,1-4,8-9,11-16,18H2. The van der Waals surface area contributed by atoms with E-state index >= 15 is 0 Å². The van der Waals surface area contributed by atoms with Crippen LogP contribution in [0, 0.1) is 5.92 Å². The third kappa shape index (κ3) is 6.33. The number of piperidine rings is 2. The number of aliphatic hydroxyl groups excluding tert-OH is 1. The molecule has 4 aliphatic rings. The van der Waals surface area contributed by atoms with Gasteiger partial charge in [-0.2, -0.15) is 13.2 Å². The molecular formula is C28H35F3N8O4S. The average molecular weight is 637 g/mol. The average Bonchev–Trinajstić information content (AvgIpc) is 3.49. The second kappa shape index (κ2) is 12.1. The molecule has 0 spiro atoms. The first-order valence-corrected chi connectivity index (χ1v) is 16.4. The summed E-state index contributed by atoms with van der Waals surface area (Å²) < 4.78 is 77.9. The molecule has 6 heterocycles. The first kappa shape index (κ1) is 30.5. The van der Waals surface area contributed by atoms with Gasteiger partial charge in [0, 0.05) is 51.8 Å². The number of ether oxygens (including phenoxy) is 1. The zero-order valence-electron chi connectivity index (χ0n) is 24.1. The third-order valence-electron chi connectivity index (χ3n) is 8.62. The Morgan fingerprint density at radius 3 is 2.61 bits per heavy atom. The van der Waals surface area contributed by atoms with Crippen molar-refractivity contribution in [2.75, 3.05) is 59.7 Å². The Balaban J connectivity index is 1.41. The van der Waals surface area contributed by atoms with Crippen LogP contribution >= 0.6 is 0 Å². The number of rotatable bonds is 4. The number of hydrogen-bond acceptors (Lipinski definition) is 10. The highest BCUT2D eigenvalue weighted by Gasteiger charge is 2.57. The fourth-order valence-corrected chi connectivity index (χ4v) is 7.10. The minimum absolute atomic E-state index is 0.0107. The van der Waals surface area contributed by atoms with Gasteiger partial charge in [-0.05, 0) is 55.9 Å². The van der Waals surface area contributed by atoms with Crippen LogP contribution in [0.15, 0.2) is 36.7 Å². The molecule has 2 saturated heterocycles. The number of sulfonamides is 1. The molecule has 44 heavy (non-hydrogen) atoms. The summed E-state index contributed by atoms with van der Waals surface area (Å²) in [5.41, 5.74) is -0.0123. The van der Waals surface area contributed by atoms with Gasteiger partial charge in [-0.1, -0.05) is 5.21 Å². The zero-order valence-corrected chi connectivity index (χ0v) is 24.9. The van der Waals surface area contributed by atoms with E-state index in [4.69, 9.17) is 14.8 Å². The van der Waals surface area contributed by atoms with Crippen LogP contribution in [0.3, 0.4) is 0 Å². The predicted molar refractivity (Wildman–Crippen MR) is 157 cm³/mol. The number of hydrogen-bond donors (Lipinski definition) is 2. The number of nitrogens with zero attached hydrogens (tertiary/aromatic N) is 7. The Bertz CT molecular complexity index is 1580. The first-order valence-electron chi connectivity index (χ1n) is 14.8. The lowest BCUT2D eigenvalue weighted by Crippen LogP contribution is -2.55. The monoisotopic (exact) mass is 636 g/mol. The number of aromatic nitrogens is 5. The molecule has 4 aliphatic heterocycles. The maximum absolute atomic E-state index is 14.5. The molecule has 2 aromatic heterocycles. The highest BCUT2D eigenvalue weighted by molar-refractivity contribution is 7.92. The summed E-state index contributed by atoms with van der Waals surface area (Å²) in [6, 6.07) is 6.48. The second-order valence-corrected chi connectivity index (χ2v) is 13.4. The molecule has 8 bridgehead atoms. The Morgan fingerprint density at radius 2 is 1.84 bits per heavy atom. The second-order valence-electron chi connectivity index (χ2n) is 11.6. The number of nitrogens with one attached hydrogen (secondary N) is 1. The van der Waals surface area contributed by atoms with Crippen LogP contribution in [0.5, 0.6) is 0 Å². The van der Waals surface area contributed by atoms with Gasteiger partial charge < -0.3 is 19.6 Å². The van der Waals surface area contributed by atoms with E-state index in [9.17, 15) is 21.6 Å². The van der Waals surface area contributed by atoms with E-state index in [0.29, 0.717) is 47.6 Å². The minimum Gasteiger partial charge on any atom is -0.395 e. The molecule has 3 aromatic rings. The number of anilines is 3. The summed E-state index contributed by atoms with van der Waals surface area (Å²) in [5.74, 6) is 0.367. The number of fused-ring (bicyclic) bond motifs is 5. The summed E-state index contributed by atoms with van der Waals surface area (Å²) in [4.78, 5) is 13.1. The third-order valence-corrected chi connectivity index (χ3v) is 9.89. The molecule has 0 aliphatic carbocycles. The maximum atomic E-state index is 14.5. The van der Waals surface area contributed by atoms with Crippen LogP contribution in [0.2, 0.25) is 0 Å². The zero-order chi connectivity index (χ0) is 31.0. The smallest absolute Gasteiger partial charge is 0.395 e. The van der Waals surface area contributed by atoms with Crippen LogP contribution in [0.25, 0.3) is 17.1 Å². The van der Waals surface area contributed by atoms with Crippen molar-refractivity contribution in [2.24, 2.45) is 5.92 Å². The van der Waals surface area contributed by atoms with Crippen LogP contribution in [0.4, 0.5) is 30.5 Å². The fourth-order valence-electron chi connectivity index (χ4n) is 6.27. The molecule has 1 aromatic carbocycles. The molecule has 2 fully saturated rings. The molecule has 2 N–H and O–H groups in total. The molecule has 7 rings (SSSR count). The SMILES string of the molecule is O=S(=O)(CCO)Nc1ccc2c(c1)N1CCC(C(F)(F)F)(CC1)OCCCC1CCCN(C1)c1nccc(n1)-c1cn-2nn1. The lowest BCUT2D eigenvalue weighted by molar-refractivity contribution is -0.284. The van der Waals surface area contributed by atoms with Gasteiger partial charge in [-0.3, -0.25) is 4.72 Å². The maximum Gasteiger partial charge on any atom is 0.417 e. The van der Waals surface area contributed by atoms with Gasteiger partial charge in [0.2, 0.25) is 16.0 Å². The van der Waals surface area contributed by atoms with Crippen molar-refractivity contribution in [3.8, 4) is 17.1 Å². The van der Waals surface area contributed by atoms with Crippen molar-refractivity contribution in [2.45, 2.75) is 50.3 Å². The summed E-state index contributed by atoms with van der Waals surface area (Å²) in [6.45, 7) is 0.996. The van der Waals surface area contributed by atoms with Crippen molar-refractivity contribution in [3.63, 3.8) is 0 Å². The van der Waals surface area contributed by atoms with Gasteiger partial charge >= 0.3 is 6.18 Å². The van der Waals surface area contributed by atoms with Gasteiger partial charge in [0.1, 0.15) is 5.69 Å². The summed E-state index contributed by atoms with van der Waals surface area (Å²) in [6.07, 6.45) is 1.43. The van der Waals surface area contributed by atoms with Crippen molar-refractivity contribution >= 4 is 27.3 Å². The lowest BCUT2D eigenvalue weighted by atomic mass is 9.89. The van der Waals surface area contributed by atoms with E-state index in [0.717, 1.165) is 25.8 Å². The number of benzene rings is 1. The van der Waals surface area contributed by atoms with Crippen LogP contribution < -0.4 is 14.5 Å². The first-order chi connectivity index (χ1) is 21.1. The summed E-state index contributed by atoms with van der Waals surface area (Å²) in [7, 11) is -3.84. The van der Waals surface area contributed by atoms with Gasteiger partial charge in [0.15, 0.2) is 5.60 Å². The number of halogens is 3. The molecule has 0 amide bonds. The molecular weight excluding hydrogens is 601 g/mol. The number of alkyl halides is 3. The Labute approximate surface area is 253 Å². The van der Waals surface area contributed by atoms with Crippen molar-refractivity contribution < 1.29 is 31.4 Å². The van der Waals surface area contributed by atoms with E-state index < -0.39 is 34.2 Å². The van der Waals surface area contributed by atoms with E-state index in [1.807, 2.05) is 0 Å². The molecule has 1 unspecified atom stereocenters. The van der Waals surface area contributed by atoms with Crippen LogP contribution in [-0.4, -0.2) is 95.4 Å². The van der Waals surface area contributed by atoms with Gasteiger partial charge in [0.05, 0.1) is 41.3 Å². The summed E-state index contributed by atoms with van der Waals surface area (Å²) in [5, 5.41) is 17.8. The Morgan fingerprint density at radius 1 is 1.05 bits per heavy atom. The van der Waals surface area contributed by atoms with Crippen molar-refractivity contribution in [3.05, 3.63) is 36.7 Å². The molecule has 12 nitrogen and oxygen atoms in total. The fraction of sp³-hybridized carbons (Fsp3) is 0.571. The normalized spacial score (nSPS) is 23.0. The van der Waals surface area contributed by atoms with E-state index in [1.165, 1.54) is 10.7 Å². The Hall–Kier alpha value is -3.50. The quantitative estimate of drug-likeness (QED) is 0.438. The van der Waals surface area contributed by atoms with Gasteiger partial charge in [-0.15, -0.1) is 5.10 Å². The Kier molecular flexibility index (Phi) is 8.41. The van der Waals surface area contributed by atoms with Crippen LogP contribution in [-0.2, 0) is 14.8 Å². The van der Waals surface area contributed by atoms with Crippen molar-refractivity contribution in [1.82, 2.24) is 25.0 Å². The highest BCUT2D eigenvalue weighted by Crippen LogP contribution is 2.44. The van der Waals surface area contributed by atoms with E-state index in [-0.39, 0.29) is 38.2 Å². The number of aliphatic hydroxyl groups is 1. The van der Waals surface area contributed by atoms with E-state index in [2.05, 4.69) is 24.9 Å².